The number of ketones is 1. The minimum Gasteiger partial charge on any atom is -0.345 e. The Bertz CT molecular complexity index is 945. The number of carbonyl (C=O) groups is 1. The average molecular weight is 324 g/mol. The molecule has 0 aliphatic carbocycles. The number of aromatic amines is 1. The summed E-state index contributed by atoms with van der Waals surface area (Å²) in [6.07, 6.45) is 4.48. The number of hydrogen-bond donors (Lipinski definition) is 1. The SMILES string of the molecule is O=C(c1cccc(F)c1)c1c[nH]c2ncc(C3=CSCC3)cc12. The van der Waals surface area contributed by atoms with Gasteiger partial charge in [-0.3, -0.25) is 4.79 Å². The van der Waals surface area contributed by atoms with E-state index in [4.69, 9.17) is 0 Å². The predicted molar refractivity (Wildman–Crippen MR) is 91.0 cm³/mol. The summed E-state index contributed by atoms with van der Waals surface area (Å²) >= 11 is 1.79. The van der Waals surface area contributed by atoms with Gasteiger partial charge in [0, 0.05) is 34.7 Å². The predicted octanol–water partition coefficient (Wildman–Crippen LogP) is 4.41. The fourth-order valence-corrected chi connectivity index (χ4v) is 3.66. The Morgan fingerprint density at radius 2 is 2.22 bits per heavy atom. The number of carbonyl (C=O) groups excluding carboxylic acids is 1. The molecule has 0 atom stereocenters. The van der Waals surface area contributed by atoms with Gasteiger partial charge in [-0.1, -0.05) is 12.1 Å². The summed E-state index contributed by atoms with van der Waals surface area (Å²) in [6, 6.07) is 7.74. The number of rotatable bonds is 3. The van der Waals surface area contributed by atoms with Crippen LogP contribution in [0.5, 0.6) is 0 Å². The minimum atomic E-state index is -0.414. The van der Waals surface area contributed by atoms with Crippen molar-refractivity contribution in [2.45, 2.75) is 6.42 Å². The monoisotopic (exact) mass is 324 g/mol. The van der Waals surface area contributed by atoms with Gasteiger partial charge in [0.2, 0.25) is 0 Å². The van der Waals surface area contributed by atoms with E-state index in [9.17, 15) is 9.18 Å². The van der Waals surface area contributed by atoms with Gasteiger partial charge in [0.15, 0.2) is 5.78 Å². The first-order chi connectivity index (χ1) is 11.2. The number of pyridine rings is 1. The Labute approximate surface area is 136 Å². The molecule has 0 amide bonds. The lowest BCUT2D eigenvalue weighted by atomic mass is 10.0. The van der Waals surface area contributed by atoms with Crippen molar-refractivity contribution in [3.05, 3.63) is 70.6 Å². The van der Waals surface area contributed by atoms with E-state index in [-0.39, 0.29) is 5.78 Å². The van der Waals surface area contributed by atoms with Crippen LogP contribution < -0.4 is 0 Å². The molecule has 3 nitrogen and oxygen atoms in total. The molecule has 3 heterocycles. The Kier molecular flexibility index (Phi) is 3.50. The molecule has 0 spiro atoms. The third kappa shape index (κ3) is 2.57. The summed E-state index contributed by atoms with van der Waals surface area (Å²) in [6.45, 7) is 0. The molecule has 1 N–H and O–H groups in total. The molecule has 114 valence electrons. The summed E-state index contributed by atoms with van der Waals surface area (Å²) in [5.41, 5.74) is 3.81. The van der Waals surface area contributed by atoms with E-state index in [0.29, 0.717) is 16.8 Å². The number of aromatic nitrogens is 2. The smallest absolute Gasteiger partial charge is 0.195 e. The van der Waals surface area contributed by atoms with E-state index in [1.165, 1.54) is 17.7 Å². The van der Waals surface area contributed by atoms with E-state index in [1.807, 2.05) is 12.3 Å². The van der Waals surface area contributed by atoms with E-state index < -0.39 is 5.82 Å². The third-order valence-electron chi connectivity index (χ3n) is 3.95. The van der Waals surface area contributed by atoms with E-state index in [0.717, 1.165) is 23.1 Å². The lowest BCUT2D eigenvalue weighted by Crippen LogP contribution is -2.01. The van der Waals surface area contributed by atoms with Crippen molar-refractivity contribution in [1.82, 2.24) is 9.97 Å². The van der Waals surface area contributed by atoms with Gasteiger partial charge in [-0.25, -0.2) is 9.37 Å². The number of nitrogens with zero attached hydrogens (tertiary/aromatic N) is 1. The van der Waals surface area contributed by atoms with E-state index in [1.54, 1.807) is 30.1 Å². The van der Waals surface area contributed by atoms with Gasteiger partial charge in [0.1, 0.15) is 11.5 Å². The zero-order chi connectivity index (χ0) is 15.8. The van der Waals surface area contributed by atoms with Crippen LogP contribution in [-0.2, 0) is 0 Å². The van der Waals surface area contributed by atoms with Gasteiger partial charge in [0.05, 0.1) is 0 Å². The van der Waals surface area contributed by atoms with Crippen LogP contribution in [0.1, 0.15) is 27.9 Å². The molecular weight excluding hydrogens is 311 g/mol. The highest BCUT2D eigenvalue weighted by Crippen LogP contribution is 2.32. The average Bonchev–Trinajstić information content (AvgIpc) is 3.23. The molecule has 1 aliphatic heterocycles. The second-order valence-corrected chi connectivity index (χ2v) is 6.40. The Morgan fingerprint density at radius 1 is 1.30 bits per heavy atom. The number of allylic oxidation sites excluding steroid dienone is 1. The van der Waals surface area contributed by atoms with Gasteiger partial charge < -0.3 is 4.98 Å². The highest BCUT2D eigenvalue weighted by Gasteiger charge is 2.17. The summed E-state index contributed by atoms with van der Waals surface area (Å²) in [4.78, 5) is 20.1. The van der Waals surface area contributed by atoms with Crippen LogP contribution in [0.15, 0.2) is 48.1 Å². The number of hydrogen-bond acceptors (Lipinski definition) is 3. The number of fused-ring (bicyclic) bond motifs is 1. The zero-order valence-electron chi connectivity index (χ0n) is 12.2. The van der Waals surface area contributed by atoms with Crippen molar-refractivity contribution in [2.24, 2.45) is 0 Å². The van der Waals surface area contributed by atoms with E-state index >= 15 is 0 Å². The molecule has 5 heteroatoms. The normalized spacial score (nSPS) is 14.2. The Hall–Kier alpha value is -2.40. The second kappa shape index (κ2) is 5.66. The van der Waals surface area contributed by atoms with Crippen molar-refractivity contribution in [3.63, 3.8) is 0 Å². The van der Waals surface area contributed by atoms with Crippen LogP contribution >= 0.6 is 11.8 Å². The standard InChI is InChI=1S/C18H13FN2OS/c19-14-3-1-2-11(6-14)17(22)16-9-21-18-15(16)7-13(8-20-18)12-4-5-23-10-12/h1-3,6-10H,4-5H2,(H,20,21). The quantitative estimate of drug-likeness (QED) is 0.726. The fourth-order valence-electron chi connectivity index (χ4n) is 2.75. The Balaban J connectivity index is 1.80. The van der Waals surface area contributed by atoms with Gasteiger partial charge in [-0.2, -0.15) is 0 Å². The fraction of sp³-hybridized carbons (Fsp3) is 0.111. The van der Waals surface area contributed by atoms with Crippen LogP contribution in [0, 0.1) is 5.82 Å². The van der Waals surface area contributed by atoms with Crippen LogP contribution in [0.4, 0.5) is 4.39 Å². The lowest BCUT2D eigenvalue weighted by Gasteiger charge is -2.03. The molecule has 0 unspecified atom stereocenters. The molecule has 23 heavy (non-hydrogen) atoms. The molecule has 0 bridgehead atoms. The maximum absolute atomic E-state index is 13.4. The van der Waals surface area contributed by atoms with Crippen molar-refractivity contribution in [3.8, 4) is 0 Å². The van der Waals surface area contributed by atoms with Crippen molar-refractivity contribution >= 4 is 34.2 Å². The molecular formula is C18H13FN2OS. The second-order valence-electron chi connectivity index (χ2n) is 5.43. The summed E-state index contributed by atoms with van der Waals surface area (Å²) in [5, 5.41) is 2.92. The van der Waals surface area contributed by atoms with Gasteiger partial charge in [-0.15, -0.1) is 11.8 Å². The largest absolute Gasteiger partial charge is 0.345 e. The van der Waals surface area contributed by atoms with Gasteiger partial charge >= 0.3 is 0 Å². The number of thioether (sulfide) groups is 1. The van der Waals surface area contributed by atoms with E-state index in [2.05, 4.69) is 15.4 Å². The minimum absolute atomic E-state index is 0.204. The Morgan fingerprint density at radius 3 is 3.00 bits per heavy atom. The molecule has 1 aromatic carbocycles. The number of nitrogens with one attached hydrogen (secondary N) is 1. The van der Waals surface area contributed by atoms with Gasteiger partial charge in [0.25, 0.3) is 0 Å². The summed E-state index contributed by atoms with van der Waals surface area (Å²) in [5.74, 6) is 0.461. The maximum atomic E-state index is 13.4. The van der Waals surface area contributed by atoms with Crippen molar-refractivity contribution < 1.29 is 9.18 Å². The molecule has 4 rings (SSSR count). The van der Waals surface area contributed by atoms with Crippen LogP contribution in [0.3, 0.4) is 0 Å². The molecule has 0 saturated heterocycles. The van der Waals surface area contributed by atoms with Gasteiger partial charge in [-0.05, 0) is 41.2 Å². The molecule has 0 fully saturated rings. The number of benzene rings is 1. The molecule has 0 radical (unpaired) electrons. The highest BCUT2D eigenvalue weighted by atomic mass is 32.2. The zero-order valence-corrected chi connectivity index (χ0v) is 13.0. The summed E-state index contributed by atoms with van der Waals surface area (Å²) < 4.78 is 13.4. The van der Waals surface area contributed by atoms with Crippen LogP contribution in [-0.4, -0.2) is 21.5 Å². The van der Waals surface area contributed by atoms with Crippen LogP contribution in [0.2, 0.25) is 0 Å². The summed E-state index contributed by atoms with van der Waals surface area (Å²) in [7, 11) is 0. The van der Waals surface area contributed by atoms with Crippen LogP contribution in [0.25, 0.3) is 16.6 Å². The first-order valence-electron chi connectivity index (χ1n) is 7.31. The maximum Gasteiger partial charge on any atom is 0.195 e. The van der Waals surface area contributed by atoms with Crippen molar-refractivity contribution in [2.75, 3.05) is 5.75 Å². The third-order valence-corrected chi connectivity index (χ3v) is 4.84. The number of halogens is 1. The first-order valence-corrected chi connectivity index (χ1v) is 8.36. The molecule has 2 aromatic heterocycles. The molecule has 0 saturated carbocycles. The lowest BCUT2D eigenvalue weighted by molar-refractivity contribution is 0.104. The van der Waals surface area contributed by atoms with Crippen molar-refractivity contribution in [1.29, 1.82) is 0 Å². The molecule has 3 aromatic rings. The number of H-pyrrole nitrogens is 1. The molecule has 1 aliphatic rings. The first kappa shape index (κ1) is 14.2. The topological polar surface area (TPSA) is 45.8 Å². The highest BCUT2D eigenvalue weighted by molar-refractivity contribution is 8.02.